The average Bonchev–Trinajstić information content (AvgIpc) is 2.48. The molecule has 0 saturated heterocycles. The van der Waals surface area contributed by atoms with Crippen LogP contribution in [0.15, 0.2) is 30.3 Å². The number of benzene rings is 2. The molecule has 0 fully saturated rings. The number of rotatable bonds is 2. The highest BCUT2D eigenvalue weighted by Gasteiger charge is 2.20. The molecule has 1 aliphatic rings. The molecule has 2 aromatic rings. The van der Waals surface area contributed by atoms with Crippen LogP contribution >= 0.6 is 0 Å². The lowest BCUT2D eigenvalue weighted by Gasteiger charge is -2.18. The van der Waals surface area contributed by atoms with E-state index < -0.39 is 4.92 Å². The standard InChI is InChI=1S/C16H15NO4/c1-10-7-13(16(18)14(8-10)17(19)20)11-4-5-15-12(9-11)3-2-6-21-15/h4-5,7-9,18H,2-3,6H2,1H3. The molecule has 0 aromatic heterocycles. The van der Waals surface area contributed by atoms with Crippen LogP contribution in [-0.4, -0.2) is 16.6 Å². The maximum atomic E-state index is 11.0. The van der Waals surface area contributed by atoms with E-state index in [2.05, 4.69) is 0 Å². The molecule has 0 spiro atoms. The Bertz CT molecular complexity index is 724. The van der Waals surface area contributed by atoms with Crippen molar-refractivity contribution in [2.24, 2.45) is 0 Å². The molecule has 1 heterocycles. The molecule has 1 aliphatic heterocycles. The van der Waals surface area contributed by atoms with Gasteiger partial charge in [-0.3, -0.25) is 10.1 Å². The van der Waals surface area contributed by atoms with E-state index in [1.165, 1.54) is 6.07 Å². The third-order valence-corrected chi connectivity index (χ3v) is 3.65. The topological polar surface area (TPSA) is 72.6 Å². The van der Waals surface area contributed by atoms with Gasteiger partial charge in [0.1, 0.15) is 5.75 Å². The second kappa shape index (κ2) is 5.09. The van der Waals surface area contributed by atoms with Crippen LogP contribution in [0.3, 0.4) is 0 Å². The summed E-state index contributed by atoms with van der Waals surface area (Å²) < 4.78 is 5.56. The molecule has 3 rings (SSSR count). The molecule has 5 nitrogen and oxygen atoms in total. The van der Waals surface area contributed by atoms with Crippen molar-refractivity contribution in [2.45, 2.75) is 19.8 Å². The molecule has 108 valence electrons. The van der Waals surface area contributed by atoms with Crippen LogP contribution in [0.25, 0.3) is 11.1 Å². The number of nitro benzene ring substituents is 1. The van der Waals surface area contributed by atoms with Crippen LogP contribution in [-0.2, 0) is 6.42 Å². The van der Waals surface area contributed by atoms with Gasteiger partial charge in [0.15, 0.2) is 0 Å². The number of hydrogen-bond acceptors (Lipinski definition) is 4. The van der Waals surface area contributed by atoms with E-state index in [4.69, 9.17) is 4.74 Å². The summed E-state index contributed by atoms with van der Waals surface area (Å²) in [6, 6.07) is 8.75. The average molecular weight is 285 g/mol. The van der Waals surface area contributed by atoms with Gasteiger partial charge < -0.3 is 9.84 Å². The number of nitro groups is 1. The number of aromatic hydroxyl groups is 1. The number of phenolic OH excluding ortho intramolecular Hbond substituents is 1. The van der Waals surface area contributed by atoms with Gasteiger partial charge in [0.2, 0.25) is 5.75 Å². The number of nitrogens with zero attached hydrogens (tertiary/aromatic N) is 1. The predicted molar refractivity (Wildman–Crippen MR) is 78.8 cm³/mol. The molecule has 21 heavy (non-hydrogen) atoms. The van der Waals surface area contributed by atoms with E-state index in [9.17, 15) is 15.2 Å². The molecule has 0 aliphatic carbocycles. The lowest BCUT2D eigenvalue weighted by atomic mass is 9.96. The van der Waals surface area contributed by atoms with E-state index >= 15 is 0 Å². The van der Waals surface area contributed by atoms with Crippen molar-refractivity contribution in [3.05, 3.63) is 51.6 Å². The third-order valence-electron chi connectivity index (χ3n) is 3.65. The minimum absolute atomic E-state index is 0.265. The van der Waals surface area contributed by atoms with Crippen molar-refractivity contribution in [2.75, 3.05) is 6.61 Å². The quantitative estimate of drug-likeness (QED) is 0.676. The zero-order valence-electron chi connectivity index (χ0n) is 11.6. The van der Waals surface area contributed by atoms with Gasteiger partial charge in [-0.25, -0.2) is 0 Å². The fourth-order valence-electron chi connectivity index (χ4n) is 2.65. The molecule has 0 bridgehead atoms. The number of phenols is 1. The number of fused-ring (bicyclic) bond motifs is 1. The first-order chi connectivity index (χ1) is 10.1. The largest absolute Gasteiger partial charge is 0.502 e. The monoisotopic (exact) mass is 285 g/mol. The Morgan fingerprint density at radius 3 is 2.86 bits per heavy atom. The summed E-state index contributed by atoms with van der Waals surface area (Å²) >= 11 is 0. The van der Waals surface area contributed by atoms with Gasteiger partial charge in [0.05, 0.1) is 11.5 Å². The van der Waals surface area contributed by atoms with Gasteiger partial charge in [-0.15, -0.1) is 0 Å². The summed E-state index contributed by atoms with van der Waals surface area (Å²) in [6.07, 6.45) is 1.87. The number of hydrogen-bond donors (Lipinski definition) is 1. The summed E-state index contributed by atoms with van der Waals surface area (Å²) in [4.78, 5) is 10.5. The second-order valence-electron chi connectivity index (χ2n) is 5.21. The number of ether oxygens (including phenoxy) is 1. The van der Waals surface area contributed by atoms with Crippen molar-refractivity contribution in [1.29, 1.82) is 0 Å². The van der Waals surface area contributed by atoms with Gasteiger partial charge in [0.25, 0.3) is 0 Å². The fraction of sp³-hybridized carbons (Fsp3) is 0.250. The zero-order chi connectivity index (χ0) is 15.0. The van der Waals surface area contributed by atoms with E-state index in [0.717, 1.165) is 35.3 Å². The molecule has 0 atom stereocenters. The molecular weight excluding hydrogens is 270 g/mol. The first kappa shape index (κ1) is 13.4. The van der Waals surface area contributed by atoms with Crippen molar-refractivity contribution in [3.63, 3.8) is 0 Å². The summed E-state index contributed by atoms with van der Waals surface area (Å²) in [6.45, 7) is 2.49. The maximum absolute atomic E-state index is 11.0. The molecule has 2 aromatic carbocycles. The van der Waals surface area contributed by atoms with Crippen LogP contribution in [0.1, 0.15) is 17.5 Å². The van der Waals surface area contributed by atoms with Gasteiger partial charge in [0, 0.05) is 11.6 Å². The lowest BCUT2D eigenvalue weighted by Crippen LogP contribution is -2.08. The minimum atomic E-state index is -0.562. The highest BCUT2D eigenvalue weighted by Crippen LogP contribution is 2.39. The summed E-state index contributed by atoms with van der Waals surface area (Å²) in [5, 5.41) is 21.2. The normalized spacial score (nSPS) is 13.4. The minimum Gasteiger partial charge on any atom is -0.502 e. The zero-order valence-corrected chi connectivity index (χ0v) is 11.6. The third kappa shape index (κ3) is 2.42. The van der Waals surface area contributed by atoms with E-state index in [1.807, 2.05) is 18.2 Å². The first-order valence-corrected chi connectivity index (χ1v) is 6.80. The van der Waals surface area contributed by atoms with Gasteiger partial charge in [-0.05, 0) is 54.7 Å². The fourth-order valence-corrected chi connectivity index (χ4v) is 2.65. The summed E-state index contributed by atoms with van der Waals surface area (Å²) in [5.41, 5.74) is 2.79. The molecular formula is C16H15NO4. The Labute approximate surface area is 122 Å². The van der Waals surface area contributed by atoms with E-state index in [0.29, 0.717) is 12.2 Å². The highest BCUT2D eigenvalue weighted by atomic mass is 16.6. The van der Waals surface area contributed by atoms with E-state index in [1.54, 1.807) is 13.0 Å². The van der Waals surface area contributed by atoms with Crippen molar-refractivity contribution < 1.29 is 14.8 Å². The van der Waals surface area contributed by atoms with Crippen molar-refractivity contribution >= 4 is 5.69 Å². The summed E-state index contributed by atoms with van der Waals surface area (Å²) in [7, 11) is 0. The van der Waals surface area contributed by atoms with Crippen LogP contribution in [0, 0.1) is 17.0 Å². The highest BCUT2D eigenvalue weighted by molar-refractivity contribution is 5.77. The molecule has 0 amide bonds. The molecule has 0 saturated carbocycles. The van der Waals surface area contributed by atoms with Crippen LogP contribution < -0.4 is 4.74 Å². The van der Waals surface area contributed by atoms with Crippen molar-refractivity contribution in [3.8, 4) is 22.6 Å². The Kier molecular flexibility index (Phi) is 3.25. The predicted octanol–water partition coefficient (Wildman–Crippen LogP) is 3.60. The Hall–Kier alpha value is -2.56. The van der Waals surface area contributed by atoms with Crippen LogP contribution in [0.4, 0.5) is 5.69 Å². The molecule has 5 heteroatoms. The van der Waals surface area contributed by atoms with Crippen LogP contribution in [0.5, 0.6) is 11.5 Å². The van der Waals surface area contributed by atoms with Gasteiger partial charge >= 0.3 is 5.69 Å². The first-order valence-electron chi connectivity index (χ1n) is 6.80. The lowest BCUT2D eigenvalue weighted by molar-refractivity contribution is -0.385. The molecule has 0 unspecified atom stereocenters. The Balaban J connectivity index is 2.14. The summed E-state index contributed by atoms with van der Waals surface area (Å²) in [5.74, 6) is 0.564. The number of aryl methyl sites for hydroxylation is 2. The smallest absolute Gasteiger partial charge is 0.311 e. The van der Waals surface area contributed by atoms with Gasteiger partial charge in [-0.1, -0.05) is 6.07 Å². The van der Waals surface area contributed by atoms with Crippen molar-refractivity contribution in [1.82, 2.24) is 0 Å². The van der Waals surface area contributed by atoms with Gasteiger partial charge in [-0.2, -0.15) is 0 Å². The van der Waals surface area contributed by atoms with E-state index in [-0.39, 0.29) is 11.4 Å². The second-order valence-corrected chi connectivity index (χ2v) is 5.21. The Morgan fingerprint density at radius 1 is 1.29 bits per heavy atom. The SMILES string of the molecule is Cc1cc(-c2ccc3c(c2)CCCO3)c(O)c([N+](=O)[O-])c1. The molecule has 0 radical (unpaired) electrons. The maximum Gasteiger partial charge on any atom is 0.311 e. The molecule has 1 N–H and O–H groups in total. The van der Waals surface area contributed by atoms with Crippen LogP contribution in [0.2, 0.25) is 0 Å². The Morgan fingerprint density at radius 2 is 2.10 bits per heavy atom.